The van der Waals surface area contributed by atoms with Gasteiger partial charge in [-0.3, -0.25) is 24.7 Å². The Balaban J connectivity index is 1.88. The third kappa shape index (κ3) is 4.60. The van der Waals surface area contributed by atoms with Gasteiger partial charge in [-0.1, -0.05) is 12.1 Å². The monoisotopic (exact) mass is 328 g/mol. The van der Waals surface area contributed by atoms with Crippen LogP contribution >= 0.6 is 0 Å². The second-order valence-electron chi connectivity index (χ2n) is 5.03. The molecule has 0 bridgehead atoms. The van der Waals surface area contributed by atoms with Crippen LogP contribution in [0.25, 0.3) is 0 Å². The van der Waals surface area contributed by atoms with E-state index in [9.17, 15) is 19.7 Å². The molecule has 0 saturated carbocycles. The summed E-state index contributed by atoms with van der Waals surface area (Å²) in [6.07, 6.45) is 1.63. The molecule has 1 atom stereocenters. The van der Waals surface area contributed by atoms with E-state index in [1.54, 1.807) is 25.3 Å². The van der Waals surface area contributed by atoms with Gasteiger partial charge in [-0.25, -0.2) is 0 Å². The minimum Gasteiger partial charge on any atom is -0.346 e. The minimum absolute atomic E-state index is 0.120. The van der Waals surface area contributed by atoms with Gasteiger partial charge in [0.05, 0.1) is 23.2 Å². The number of amides is 2. The standard InChI is InChI=1S/C16H16N4O4/c1-11(14-7-2-3-8-17-14)19-15(21)10-18-16(22)12-5-4-6-13(9-12)20(23)24/h2-9,11H,10H2,1H3,(H,18,22)(H,19,21). The first-order chi connectivity index (χ1) is 11.5. The van der Waals surface area contributed by atoms with Crippen LogP contribution in [0.1, 0.15) is 29.0 Å². The van der Waals surface area contributed by atoms with E-state index in [0.29, 0.717) is 5.69 Å². The average Bonchev–Trinajstić information content (AvgIpc) is 2.60. The highest BCUT2D eigenvalue weighted by atomic mass is 16.6. The zero-order valence-corrected chi connectivity index (χ0v) is 12.9. The third-order valence-electron chi connectivity index (χ3n) is 3.24. The van der Waals surface area contributed by atoms with Crippen LogP contribution in [0.15, 0.2) is 48.7 Å². The molecule has 1 heterocycles. The van der Waals surface area contributed by atoms with Crippen LogP contribution in [0.3, 0.4) is 0 Å². The smallest absolute Gasteiger partial charge is 0.270 e. The number of hydrogen-bond acceptors (Lipinski definition) is 5. The van der Waals surface area contributed by atoms with Crippen molar-refractivity contribution in [1.29, 1.82) is 0 Å². The Morgan fingerprint density at radius 2 is 2.04 bits per heavy atom. The first-order valence-corrected chi connectivity index (χ1v) is 7.20. The van der Waals surface area contributed by atoms with Crippen molar-refractivity contribution in [2.75, 3.05) is 6.54 Å². The van der Waals surface area contributed by atoms with Crippen molar-refractivity contribution in [2.45, 2.75) is 13.0 Å². The minimum atomic E-state index is -0.585. The van der Waals surface area contributed by atoms with Gasteiger partial charge in [-0.15, -0.1) is 0 Å². The summed E-state index contributed by atoms with van der Waals surface area (Å²) in [6.45, 7) is 1.54. The normalized spacial score (nSPS) is 11.4. The van der Waals surface area contributed by atoms with Crippen LogP contribution in [0.4, 0.5) is 5.69 Å². The summed E-state index contributed by atoms with van der Waals surface area (Å²) >= 11 is 0. The van der Waals surface area contributed by atoms with E-state index < -0.39 is 10.8 Å². The third-order valence-corrected chi connectivity index (χ3v) is 3.24. The maximum absolute atomic E-state index is 12.0. The van der Waals surface area contributed by atoms with E-state index in [4.69, 9.17) is 0 Å². The highest BCUT2D eigenvalue weighted by molar-refractivity contribution is 5.96. The summed E-state index contributed by atoms with van der Waals surface area (Å²) in [5.41, 5.74) is 0.640. The molecule has 1 aromatic carbocycles. The Labute approximate surface area is 138 Å². The number of pyridine rings is 1. The lowest BCUT2D eigenvalue weighted by atomic mass is 10.2. The topological polar surface area (TPSA) is 114 Å². The molecule has 0 saturated heterocycles. The number of nitrogens with one attached hydrogen (secondary N) is 2. The molecule has 2 N–H and O–H groups in total. The largest absolute Gasteiger partial charge is 0.346 e. The number of carbonyl (C=O) groups is 2. The van der Waals surface area contributed by atoms with Crippen molar-refractivity contribution in [3.8, 4) is 0 Å². The highest BCUT2D eigenvalue weighted by Crippen LogP contribution is 2.12. The zero-order valence-electron chi connectivity index (χ0n) is 12.9. The van der Waals surface area contributed by atoms with Crippen LogP contribution in [-0.2, 0) is 4.79 Å². The molecule has 2 rings (SSSR count). The van der Waals surface area contributed by atoms with Crippen molar-refractivity contribution in [3.63, 3.8) is 0 Å². The second kappa shape index (κ2) is 7.82. The van der Waals surface area contributed by atoms with Gasteiger partial charge in [0, 0.05) is 23.9 Å². The summed E-state index contributed by atoms with van der Waals surface area (Å²) in [7, 11) is 0. The van der Waals surface area contributed by atoms with Gasteiger partial charge in [-0.05, 0) is 25.1 Å². The summed E-state index contributed by atoms with van der Waals surface area (Å²) in [4.78, 5) is 38.1. The molecule has 0 radical (unpaired) electrons. The number of benzene rings is 1. The van der Waals surface area contributed by atoms with E-state index >= 15 is 0 Å². The van der Waals surface area contributed by atoms with E-state index in [1.165, 1.54) is 18.2 Å². The predicted molar refractivity (Wildman–Crippen MR) is 86.2 cm³/mol. The molecule has 24 heavy (non-hydrogen) atoms. The van der Waals surface area contributed by atoms with Crippen molar-refractivity contribution in [1.82, 2.24) is 15.6 Å². The van der Waals surface area contributed by atoms with E-state index in [-0.39, 0.29) is 29.7 Å². The van der Waals surface area contributed by atoms with Crippen LogP contribution in [-0.4, -0.2) is 28.3 Å². The van der Waals surface area contributed by atoms with Gasteiger partial charge in [0.2, 0.25) is 5.91 Å². The lowest BCUT2D eigenvalue weighted by Crippen LogP contribution is -2.38. The van der Waals surface area contributed by atoms with Gasteiger partial charge in [0.15, 0.2) is 0 Å². The second-order valence-corrected chi connectivity index (χ2v) is 5.03. The van der Waals surface area contributed by atoms with Crippen molar-refractivity contribution in [3.05, 3.63) is 70.0 Å². The van der Waals surface area contributed by atoms with Crippen molar-refractivity contribution in [2.24, 2.45) is 0 Å². The lowest BCUT2D eigenvalue weighted by Gasteiger charge is -2.13. The summed E-state index contributed by atoms with van der Waals surface area (Å²) in [5, 5.41) is 15.8. The Bertz CT molecular complexity index is 749. The first kappa shape index (κ1) is 17.1. The lowest BCUT2D eigenvalue weighted by molar-refractivity contribution is -0.384. The molecule has 8 heteroatoms. The summed E-state index contributed by atoms with van der Waals surface area (Å²) < 4.78 is 0. The summed E-state index contributed by atoms with van der Waals surface area (Å²) in [6, 6.07) is 10.4. The fraction of sp³-hybridized carbons (Fsp3) is 0.188. The molecule has 0 fully saturated rings. The highest BCUT2D eigenvalue weighted by Gasteiger charge is 2.14. The number of non-ortho nitro benzene ring substituents is 1. The molecule has 2 amide bonds. The molecule has 124 valence electrons. The SMILES string of the molecule is CC(NC(=O)CNC(=O)c1cccc([N+](=O)[O-])c1)c1ccccn1. The fourth-order valence-corrected chi connectivity index (χ4v) is 2.02. The average molecular weight is 328 g/mol. The maximum atomic E-state index is 12.0. The Hall–Kier alpha value is -3.29. The van der Waals surface area contributed by atoms with Gasteiger partial charge < -0.3 is 10.6 Å². The molecule has 2 aromatic rings. The van der Waals surface area contributed by atoms with Gasteiger partial charge in [0.25, 0.3) is 11.6 Å². The van der Waals surface area contributed by atoms with Crippen molar-refractivity contribution >= 4 is 17.5 Å². The Kier molecular flexibility index (Phi) is 5.56. The molecule has 0 aliphatic rings. The van der Waals surface area contributed by atoms with E-state index in [1.807, 2.05) is 6.07 Å². The Morgan fingerprint density at radius 1 is 1.25 bits per heavy atom. The van der Waals surface area contributed by atoms with Gasteiger partial charge >= 0.3 is 0 Å². The number of hydrogen-bond donors (Lipinski definition) is 2. The molecule has 0 spiro atoms. The van der Waals surface area contributed by atoms with Gasteiger partial charge in [-0.2, -0.15) is 0 Å². The number of nitro benzene ring substituents is 1. The number of nitro groups is 1. The van der Waals surface area contributed by atoms with Crippen LogP contribution < -0.4 is 10.6 Å². The molecule has 0 aliphatic carbocycles. The van der Waals surface area contributed by atoms with Crippen LogP contribution in [0.5, 0.6) is 0 Å². The molecule has 0 aliphatic heterocycles. The number of rotatable bonds is 6. The predicted octanol–water partition coefficient (Wildman–Crippen LogP) is 1.60. The van der Waals surface area contributed by atoms with E-state index in [2.05, 4.69) is 15.6 Å². The number of aromatic nitrogens is 1. The number of carbonyl (C=O) groups excluding carboxylic acids is 2. The molecule has 1 unspecified atom stereocenters. The molecule has 1 aromatic heterocycles. The van der Waals surface area contributed by atoms with Gasteiger partial charge in [0.1, 0.15) is 0 Å². The van der Waals surface area contributed by atoms with E-state index in [0.717, 1.165) is 6.07 Å². The quantitative estimate of drug-likeness (QED) is 0.617. The number of nitrogens with zero attached hydrogens (tertiary/aromatic N) is 2. The van der Waals surface area contributed by atoms with Crippen LogP contribution in [0, 0.1) is 10.1 Å². The van der Waals surface area contributed by atoms with Crippen molar-refractivity contribution < 1.29 is 14.5 Å². The first-order valence-electron chi connectivity index (χ1n) is 7.20. The summed E-state index contributed by atoms with van der Waals surface area (Å²) in [5.74, 6) is -0.939. The zero-order chi connectivity index (χ0) is 17.5. The van der Waals surface area contributed by atoms with Crippen LogP contribution in [0.2, 0.25) is 0 Å². The Morgan fingerprint density at radius 3 is 2.71 bits per heavy atom. The molecule has 8 nitrogen and oxygen atoms in total. The maximum Gasteiger partial charge on any atom is 0.270 e. The molecular formula is C16H16N4O4. The fourth-order valence-electron chi connectivity index (χ4n) is 2.02. The molecular weight excluding hydrogens is 312 g/mol.